The smallest absolute Gasteiger partial charge is 0.338 e. The summed E-state index contributed by atoms with van der Waals surface area (Å²) in [5.74, 6) is 0.679. The average Bonchev–Trinajstić information content (AvgIpc) is 3.31. The Balaban J connectivity index is 1.55. The molecule has 0 fully saturated rings. The molecule has 0 bridgehead atoms. The summed E-state index contributed by atoms with van der Waals surface area (Å²) in [6, 6.07) is 20.2. The first-order chi connectivity index (χ1) is 21.2. The molecular weight excluding hydrogens is 598 g/mol. The van der Waals surface area contributed by atoms with Crippen molar-refractivity contribution in [2.45, 2.75) is 33.4 Å². The second kappa shape index (κ2) is 13.5. The van der Waals surface area contributed by atoms with Crippen molar-refractivity contribution >= 4 is 40.7 Å². The number of hydrogen-bond acceptors (Lipinski definition) is 8. The number of rotatable bonds is 10. The van der Waals surface area contributed by atoms with Crippen LogP contribution in [0, 0.1) is 0 Å². The van der Waals surface area contributed by atoms with Crippen LogP contribution in [0.25, 0.3) is 6.08 Å². The number of carbonyl (C=O) groups is 1. The number of aromatic nitrogens is 1. The van der Waals surface area contributed by atoms with Gasteiger partial charge < -0.3 is 19.1 Å². The SMILES string of the molecule is CCOC(=O)C1=C(C)N=c2sc(=Cc3ccc(OCc4ccc(Cl)cc4)c(OCC)c3)c(=O)n2C1c1ccc(N(C)C)cc1. The summed E-state index contributed by atoms with van der Waals surface area (Å²) in [6.45, 7) is 6.46. The number of anilines is 1. The number of fused-ring (bicyclic) bond motifs is 1. The Hall–Kier alpha value is -4.34. The molecule has 1 aromatic heterocycles. The largest absolute Gasteiger partial charge is 0.490 e. The van der Waals surface area contributed by atoms with Crippen molar-refractivity contribution in [3.63, 3.8) is 0 Å². The molecule has 0 amide bonds. The summed E-state index contributed by atoms with van der Waals surface area (Å²) in [4.78, 5) is 34.4. The van der Waals surface area contributed by atoms with Crippen molar-refractivity contribution in [2.24, 2.45) is 4.99 Å². The molecule has 4 aromatic rings. The van der Waals surface area contributed by atoms with Crippen molar-refractivity contribution in [1.82, 2.24) is 4.57 Å². The van der Waals surface area contributed by atoms with Crippen molar-refractivity contribution in [3.05, 3.63) is 119 Å². The third-order valence-electron chi connectivity index (χ3n) is 7.12. The van der Waals surface area contributed by atoms with Crippen molar-refractivity contribution in [3.8, 4) is 11.5 Å². The van der Waals surface area contributed by atoms with E-state index in [1.165, 1.54) is 11.3 Å². The molecule has 228 valence electrons. The highest BCUT2D eigenvalue weighted by molar-refractivity contribution is 7.07. The Bertz CT molecular complexity index is 1880. The Morgan fingerprint density at radius 1 is 1.00 bits per heavy atom. The number of hydrogen-bond donors (Lipinski definition) is 0. The summed E-state index contributed by atoms with van der Waals surface area (Å²) < 4.78 is 19.4. The molecule has 2 heterocycles. The van der Waals surface area contributed by atoms with Gasteiger partial charge in [0.05, 0.1) is 35.1 Å². The van der Waals surface area contributed by atoms with E-state index >= 15 is 0 Å². The van der Waals surface area contributed by atoms with Crippen LogP contribution in [0.5, 0.6) is 11.5 Å². The molecule has 1 atom stereocenters. The molecule has 1 aliphatic heterocycles. The van der Waals surface area contributed by atoms with E-state index in [-0.39, 0.29) is 12.2 Å². The predicted molar refractivity (Wildman–Crippen MR) is 175 cm³/mol. The molecule has 44 heavy (non-hydrogen) atoms. The maximum Gasteiger partial charge on any atom is 0.338 e. The van der Waals surface area contributed by atoms with Crippen LogP contribution >= 0.6 is 22.9 Å². The van der Waals surface area contributed by atoms with Gasteiger partial charge in [0.25, 0.3) is 5.56 Å². The normalized spacial score (nSPS) is 14.6. The zero-order valence-electron chi connectivity index (χ0n) is 25.3. The second-order valence-electron chi connectivity index (χ2n) is 10.3. The van der Waals surface area contributed by atoms with E-state index in [0.717, 1.165) is 22.4 Å². The van der Waals surface area contributed by atoms with E-state index in [2.05, 4.69) is 4.99 Å². The van der Waals surface area contributed by atoms with Gasteiger partial charge in [-0.1, -0.05) is 53.3 Å². The fraction of sp³-hybridized carbons (Fsp3) is 0.265. The standard InChI is InChI=1S/C34H34ClN3O5S/c1-6-41-28-18-23(10-17-27(28)43-20-22-8-13-25(35)14-9-22)19-29-32(39)38-31(24-11-15-26(16-12-24)37(4)5)30(33(40)42-7-2)21(3)36-34(38)44-29/h8-19,31H,6-7,20H2,1-5H3. The third kappa shape index (κ3) is 6.59. The molecule has 10 heteroatoms. The Labute approximate surface area is 265 Å². The lowest BCUT2D eigenvalue weighted by Gasteiger charge is -2.25. The molecule has 5 rings (SSSR count). The topological polar surface area (TPSA) is 82.4 Å². The lowest BCUT2D eigenvalue weighted by atomic mass is 9.95. The first-order valence-corrected chi connectivity index (χ1v) is 15.5. The maximum atomic E-state index is 14.0. The number of allylic oxidation sites excluding steroid dienone is 1. The number of halogens is 1. The summed E-state index contributed by atoms with van der Waals surface area (Å²) in [5, 5.41) is 0.666. The molecule has 0 saturated heterocycles. The quantitative estimate of drug-likeness (QED) is 0.215. The molecular formula is C34H34ClN3O5S. The van der Waals surface area contributed by atoms with Crippen LogP contribution in [0.2, 0.25) is 5.02 Å². The molecule has 0 radical (unpaired) electrons. The fourth-order valence-corrected chi connectivity index (χ4v) is 6.13. The summed E-state index contributed by atoms with van der Waals surface area (Å²) in [7, 11) is 3.92. The van der Waals surface area contributed by atoms with Crippen LogP contribution < -0.4 is 29.3 Å². The van der Waals surface area contributed by atoms with E-state index in [1.807, 2.05) is 98.7 Å². The first kappa shape index (κ1) is 31.1. The van der Waals surface area contributed by atoms with Crippen LogP contribution in [0.1, 0.15) is 43.5 Å². The average molecular weight is 632 g/mol. The highest BCUT2D eigenvalue weighted by Crippen LogP contribution is 2.32. The molecule has 0 aliphatic carbocycles. The van der Waals surface area contributed by atoms with E-state index in [4.69, 9.17) is 25.8 Å². The zero-order chi connectivity index (χ0) is 31.4. The summed E-state index contributed by atoms with van der Waals surface area (Å²) in [5.41, 5.74) is 4.18. The van der Waals surface area contributed by atoms with E-state index in [0.29, 0.717) is 50.3 Å². The van der Waals surface area contributed by atoms with Crippen molar-refractivity contribution in [2.75, 3.05) is 32.2 Å². The Morgan fingerprint density at radius 2 is 1.73 bits per heavy atom. The van der Waals surface area contributed by atoms with E-state index in [1.54, 1.807) is 18.4 Å². The maximum absolute atomic E-state index is 14.0. The van der Waals surface area contributed by atoms with E-state index in [9.17, 15) is 9.59 Å². The van der Waals surface area contributed by atoms with Crippen LogP contribution in [0.3, 0.4) is 0 Å². The molecule has 8 nitrogen and oxygen atoms in total. The lowest BCUT2D eigenvalue weighted by Crippen LogP contribution is -2.39. The number of carbonyl (C=O) groups excluding carboxylic acids is 1. The van der Waals surface area contributed by atoms with Gasteiger partial charge in [-0.3, -0.25) is 9.36 Å². The van der Waals surface area contributed by atoms with Gasteiger partial charge >= 0.3 is 5.97 Å². The summed E-state index contributed by atoms with van der Waals surface area (Å²) >= 11 is 7.28. The van der Waals surface area contributed by atoms with Crippen LogP contribution in [-0.2, 0) is 16.1 Å². The fourth-order valence-electron chi connectivity index (χ4n) is 4.96. The lowest BCUT2D eigenvalue weighted by molar-refractivity contribution is -0.139. The molecule has 0 spiro atoms. The molecule has 1 aliphatic rings. The number of thiazole rings is 1. The second-order valence-corrected chi connectivity index (χ2v) is 11.8. The monoisotopic (exact) mass is 631 g/mol. The number of benzene rings is 3. The Morgan fingerprint density at radius 3 is 2.39 bits per heavy atom. The van der Waals surface area contributed by atoms with Crippen LogP contribution in [0.4, 0.5) is 5.69 Å². The highest BCUT2D eigenvalue weighted by Gasteiger charge is 2.33. The predicted octanol–water partition coefficient (Wildman–Crippen LogP) is 5.50. The highest BCUT2D eigenvalue weighted by atomic mass is 35.5. The zero-order valence-corrected chi connectivity index (χ0v) is 26.9. The molecule has 3 aromatic carbocycles. The number of ether oxygens (including phenoxy) is 3. The minimum atomic E-state index is -0.675. The molecule has 1 unspecified atom stereocenters. The van der Waals surface area contributed by atoms with Gasteiger partial charge in [0, 0.05) is 24.8 Å². The van der Waals surface area contributed by atoms with Crippen LogP contribution in [-0.4, -0.2) is 37.8 Å². The first-order valence-electron chi connectivity index (χ1n) is 14.3. The molecule has 0 N–H and O–H groups in total. The van der Waals surface area contributed by atoms with Gasteiger partial charge in [-0.15, -0.1) is 0 Å². The van der Waals surface area contributed by atoms with Gasteiger partial charge in [-0.05, 0) is 79.9 Å². The van der Waals surface area contributed by atoms with Gasteiger partial charge in [0.15, 0.2) is 16.3 Å². The minimum Gasteiger partial charge on any atom is -0.490 e. The minimum absolute atomic E-state index is 0.216. The van der Waals surface area contributed by atoms with Crippen molar-refractivity contribution in [1.29, 1.82) is 0 Å². The number of nitrogens with zero attached hydrogens (tertiary/aromatic N) is 3. The van der Waals surface area contributed by atoms with Crippen LogP contribution in [0.15, 0.2) is 87.8 Å². The summed E-state index contributed by atoms with van der Waals surface area (Å²) in [6.07, 6.45) is 1.81. The Kier molecular flexibility index (Phi) is 9.56. The molecule has 0 saturated carbocycles. The van der Waals surface area contributed by atoms with Gasteiger partial charge in [0.1, 0.15) is 6.61 Å². The number of esters is 1. The van der Waals surface area contributed by atoms with Gasteiger partial charge in [-0.2, -0.15) is 0 Å². The van der Waals surface area contributed by atoms with Crippen molar-refractivity contribution < 1.29 is 19.0 Å². The van der Waals surface area contributed by atoms with Gasteiger partial charge in [0.2, 0.25) is 0 Å². The van der Waals surface area contributed by atoms with E-state index < -0.39 is 12.0 Å². The third-order valence-corrected chi connectivity index (χ3v) is 8.35. The van der Waals surface area contributed by atoms with Gasteiger partial charge in [-0.25, -0.2) is 9.79 Å².